The molecule has 0 bridgehead atoms. The summed E-state index contributed by atoms with van der Waals surface area (Å²) < 4.78 is 21.8. The molecule has 7 nitrogen and oxygen atoms in total. The average Bonchev–Trinajstić information content (AvgIpc) is 3.12. The van der Waals surface area contributed by atoms with Gasteiger partial charge in [0.1, 0.15) is 5.60 Å². The summed E-state index contributed by atoms with van der Waals surface area (Å²) >= 11 is 6.25. The van der Waals surface area contributed by atoms with Crippen molar-refractivity contribution < 1.29 is 18.7 Å². The predicted octanol–water partition coefficient (Wildman–Crippen LogP) is 3.05. The summed E-state index contributed by atoms with van der Waals surface area (Å²) in [5.74, 6) is 1.89. The fraction of sp³-hybridized carbons (Fsp3) is 0.500. The molecule has 0 amide bonds. The van der Waals surface area contributed by atoms with E-state index in [1.165, 1.54) is 7.11 Å². The Morgan fingerprint density at radius 1 is 1.16 bits per heavy atom. The maximum absolute atomic E-state index is 6.25. The molecule has 25 heavy (non-hydrogen) atoms. The minimum Gasteiger partial charge on any atom is -0.493 e. The van der Waals surface area contributed by atoms with Gasteiger partial charge < -0.3 is 24.1 Å². The monoisotopic (exact) mass is 389 g/mol. The molecule has 1 aliphatic heterocycles. The topological polar surface area (TPSA) is 78.6 Å². The molecule has 3 rings (SSSR count). The lowest BCUT2D eigenvalue weighted by molar-refractivity contribution is -0.0622. The van der Waals surface area contributed by atoms with Crippen LogP contribution in [-0.2, 0) is 10.3 Å². The first-order valence-electron chi connectivity index (χ1n) is 7.65. The summed E-state index contributed by atoms with van der Waals surface area (Å²) in [7, 11) is 4.76. The molecule has 0 radical (unpaired) electrons. The Labute approximate surface area is 157 Å². The van der Waals surface area contributed by atoms with Crippen molar-refractivity contribution in [2.75, 3.05) is 34.4 Å². The second-order valence-corrected chi connectivity index (χ2v) is 5.97. The van der Waals surface area contributed by atoms with Crippen molar-refractivity contribution in [3.05, 3.63) is 23.0 Å². The van der Waals surface area contributed by atoms with Crippen LogP contribution in [0.15, 0.2) is 16.7 Å². The molecule has 0 spiro atoms. The third kappa shape index (κ3) is 3.69. The van der Waals surface area contributed by atoms with Crippen LogP contribution in [0, 0.1) is 0 Å². The van der Waals surface area contributed by atoms with E-state index in [4.69, 9.17) is 30.3 Å². The van der Waals surface area contributed by atoms with Crippen molar-refractivity contribution >= 4 is 24.0 Å². The van der Waals surface area contributed by atoms with Crippen molar-refractivity contribution in [1.29, 1.82) is 0 Å². The summed E-state index contributed by atoms with van der Waals surface area (Å²) in [5, 5.41) is 7.80. The van der Waals surface area contributed by atoms with E-state index in [1.54, 1.807) is 26.4 Å². The summed E-state index contributed by atoms with van der Waals surface area (Å²) in [5.41, 5.74) is 0.143. The molecular weight excluding hydrogens is 369 g/mol. The molecule has 0 saturated carbocycles. The molecule has 2 aromatic rings. The minimum absolute atomic E-state index is 0. The van der Waals surface area contributed by atoms with Crippen LogP contribution in [0.4, 0.5) is 0 Å². The molecule has 0 atom stereocenters. The molecule has 138 valence electrons. The lowest BCUT2D eigenvalue weighted by Crippen LogP contribution is -2.41. The number of nitrogens with zero attached hydrogens (tertiary/aromatic N) is 2. The fourth-order valence-corrected chi connectivity index (χ4v) is 3.20. The van der Waals surface area contributed by atoms with Gasteiger partial charge in [-0.25, -0.2) is 0 Å². The number of benzene rings is 1. The van der Waals surface area contributed by atoms with Gasteiger partial charge in [-0.3, -0.25) is 0 Å². The number of halogens is 2. The maximum Gasteiger partial charge on any atom is 0.259 e. The van der Waals surface area contributed by atoms with Crippen LogP contribution >= 0.6 is 24.0 Å². The van der Waals surface area contributed by atoms with Gasteiger partial charge in [0.2, 0.25) is 5.82 Å². The highest BCUT2D eigenvalue weighted by Crippen LogP contribution is 2.39. The average molecular weight is 390 g/mol. The molecule has 0 aliphatic carbocycles. The quantitative estimate of drug-likeness (QED) is 0.841. The Bertz CT molecular complexity index is 717. The molecule has 1 aromatic carbocycles. The molecule has 1 fully saturated rings. The highest BCUT2D eigenvalue weighted by Gasteiger charge is 2.39. The zero-order valence-electron chi connectivity index (χ0n) is 14.3. The smallest absolute Gasteiger partial charge is 0.259 e. The Balaban J connectivity index is 0.00000225. The lowest BCUT2D eigenvalue weighted by atomic mass is 9.92. The summed E-state index contributed by atoms with van der Waals surface area (Å²) in [6, 6.07) is 3.49. The fourth-order valence-electron chi connectivity index (χ4n) is 2.91. The van der Waals surface area contributed by atoms with Gasteiger partial charge in [-0.2, -0.15) is 4.98 Å². The van der Waals surface area contributed by atoms with Crippen molar-refractivity contribution in [3.8, 4) is 22.9 Å². The normalized spacial score (nSPS) is 16.2. The van der Waals surface area contributed by atoms with Crippen LogP contribution in [-0.4, -0.2) is 44.6 Å². The van der Waals surface area contributed by atoms with Crippen LogP contribution in [0.5, 0.6) is 11.5 Å². The zero-order chi connectivity index (χ0) is 17.2. The molecule has 1 aromatic heterocycles. The van der Waals surface area contributed by atoms with Crippen LogP contribution in [0.1, 0.15) is 18.7 Å². The van der Waals surface area contributed by atoms with Gasteiger partial charge in [0.05, 0.1) is 19.2 Å². The van der Waals surface area contributed by atoms with Crippen LogP contribution in [0.25, 0.3) is 11.4 Å². The van der Waals surface area contributed by atoms with Gasteiger partial charge >= 0.3 is 0 Å². The molecule has 2 heterocycles. The van der Waals surface area contributed by atoms with Crippen LogP contribution < -0.4 is 14.8 Å². The van der Waals surface area contributed by atoms with E-state index in [-0.39, 0.29) is 12.4 Å². The van der Waals surface area contributed by atoms with Gasteiger partial charge in [0.25, 0.3) is 5.89 Å². The van der Waals surface area contributed by atoms with E-state index in [9.17, 15) is 0 Å². The number of ether oxygens (including phenoxy) is 3. The first-order chi connectivity index (χ1) is 11.6. The van der Waals surface area contributed by atoms with E-state index < -0.39 is 5.60 Å². The Kier molecular flexibility index (Phi) is 6.51. The predicted molar refractivity (Wildman–Crippen MR) is 95.9 cm³/mol. The molecule has 0 unspecified atom stereocenters. The second-order valence-electron chi connectivity index (χ2n) is 5.57. The number of piperidine rings is 1. The van der Waals surface area contributed by atoms with E-state index in [0.717, 1.165) is 25.9 Å². The third-order valence-corrected chi connectivity index (χ3v) is 4.59. The molecular formula is C16H21Cl2N3O4. The maximum atomic E-state index is 6.25. The van der Waals surface area contributed by atoms with E-state index in [2.05, 4.69) is 15.5 Å². The summed E-state index contributed by atoms with van der Waals surface area (Å²) in [6.07, 6.45) is 1.55. The van der Waals surface area contributed by atoms with E-state index in [1.807, 2.05) is 0 Å². The molecule has 1 N–H and O–H groups in total. The van der Waals surface area contributed by atoms with E-state index >= 15 is 0 Å². The summed E-state index contributed by atoms with van der Waals surface area (Å²) in [4.78, 5) is 4.53. The molecule has 1 aliphatic rings. The highest BCUT2D eigenvalue weighted by molar-refractivity contribution is 6.32. The van der Waals surface area contributed by atoms with Gasteiger partial charge in [-0.1, -0.05) is 16.8 Å². The number of hydrogen-bond acceptors (Lipinski definition) is 7. The first-order valence-corrected chi connectivity index (χ1v) is 8.03. The van der Waals surface area contributed by atoms with Crippen LogP contribution in [0.2, 0.25) is 5.02 Å². The standard InChI is InChI=1S/C16H20ClN3O4.ClH/c1-21-12-9-10(8-11(17)13(12)22-2)14-19-15(24-20-14)16(23-3)4-6-18-7-5-16;/h8-9,18H,4-7H2,1-3H3;1H. The first kappa shape index (κ1) is 19.8. The minimum atomic E-state index is -0.545. The number of aromatic nitrogens is 2. The van der Waals surface area contributed by atoms with Gasteiger partial charge in [-0.05, 0) is 38.1 Å². The van der Waals surface area contributed by atoms with Gasteiger partial charge in [-0.15, -0.1) is 12.4 Å². The van der Waals surface area contributed by atoms with Crippen LogP contribution in [0.3, 0.4) is 0 Å². The number of methoxy groups -OCH3 is 3. The SMILES string of the molecule is COc1cc(-c2noc(C3(OC)CCNCC3)n2)cc(Cl)c1OC.Cl. The summed E-state index contributed by atoms with van der Waals surface area (Å²) in [6.45, 7) is 1.68. The largest absolute Gasteiger partial charge is 0.493 e. The number of rotatable bonds is 5. The highest BCUT2D eigenvalue weighted by atomic mass is 35.5. The van der Waals surface area contributed by atoms with Crippen molar-refractivity contribution in [1.82, 2.24) is 15.5 Å². The molecule has 1 saturated heterocycles. The Morgan fingerprint density at radius 3 is 2.48 bits per heavy atom. The van der Waals surface area contributed by atoms with Crippen molar-refractivity contribution in [3.63, 3.8) is 0 Å². The van der Waals surface area contributed by atoms with E-state index in [0.29, 0.717) is 33.8 Å². The lowest BCUT2D eigenvalue weighted by Gasteiger charge is -2.32. The Hall–Kier alpha value is -1.54. The van der Waals surface area contributed by atoms with Crippen molar-refractivity contribution in [2.24, 2.45) is 0 Å². The van der Waals surface area contributed by atoms with Gasteiger partial charge in [0.15, 0.2) is 11.5 Å². The van der Waals surface area contributed by atoms with Crippen molar-refractivity contribution in [2.45, 2.75) is 18.4 Å². The zero-order valence-corrected chi connectivity index (χ0v) is 15.9. The molecule has 9 heteroatoms. The van der Waals surface area contributed by atoms with Gasteiger partial charge in [0, 0.05) is 12.7 Å². The Morgan fingerprint density at radius 2 is 1.88 bits per heavy atom. The number of nitrogens with one attached hydrogen (secondary N) is 1. The second kappa shape index (κ2) is 8.23. The number of hydrogen-bond donors (Lipinski definition) is 1. The third-order valence-electron chi connectivity index (χ3n) is 4.31.